The van der Waals surface area contributed by atoms with E-state index in [2.05, 4.69) is 10.3 Å². The maximum atomic E-state index is 13.0. The average molecular weight is 485 g/mol. The maximum Gasteiger partial charge on any atom is 0.311 e. The molecule has 0 bridgehead atoms. The van der Waals surface area contributed by atoms with Crippen molar-refractivity contribution in [2.45, 2.75) is 32.2 Å². The first-order valence-electron chi connectivity index (χ1n) is 12.0. The molecular formula is C28H28N4O4. The normalized spacial score (nSPS) is 13.8. The van der Waals surface area contributed by atoms with E-state index in [0.717, 1.165) is 27.7 Å². The lowest BCUT2D eigenvalue weighted by Gasteiger charge is -2.30. The van der Waals surface area contributed by atoms with Crippen LogP contribution in [0.5, 0.6) is 11.5 Å². The van der Waals surface area contributed by atoms with Crippen LogP contribution in [0.4, 0.5) is 0 Å². The van der Waals surface area contributed by atoms with E-state index in [-0.39, 0.29) is 24.2 Å². The summed E-state index contributed by atoms with van der Waals surface area (Å²) >= 11 is 0. The quantitative estimate of drug-likeness (QED) is 0.300. The molecule has 2 heterocycles. The highest BCUT2D eigenvalue weighted by molar-refractivity contribution is 5.94. The van der Waals surface area contributed by atoms with Gasteiger partial charge in [0.1, 0.15) is 17.0 Å². The predicted molar refractivity (Wildman–Crippen MR) is 135 cm³/mol. The van der Waals surface area contributed by atoms with Gasteiger partial charge in [-0.1, -0.05) is 30.3 Å². The van der Waals surface area contributed by atoms with Crippen molar-refractivity contribution in [3.63, 3.8) is 0 Å². The van der Waals surface area contributed by atoms with E-state index >= 15 is 0 Å². The van der Waals surface area contributed by atoms with Gasteiger partial charge in [-0.05, 0) is 65.9 Å². The van der Waals surface area contributed by atoms with Crippen molar-refractivity contribution in [1.82, 2.24) is 19.9 Å². The number of carbonyl (C=O) groups excluding carboxylic acids is 2. The molecular weight excluding hydrogens is 456 g/mol. The summed E-state index contributed by atoms with van der Waals surface area (Å²) in [6.45, 7) is 3.03. The van der Waals surface area contributed by atoms with Crippen LogP contribution in [0, 0.1) is 0 Å². The zero-order chi connectivity index (χ0) is 25.2. The Hall–Kier alpha value is -4.20. The molecule has 8 heteroatoms. The minimum atomic E-state index is -0.285. The fraction of sp³-hybridized carbons (Fsp3) is 0.286. The van der Waals surface area contributed by atoms with Gasteiger partial charge in [0.2, 0.25) is 0 Å². The van der Waals surface area contributed by atoms with Crippen molar-refractivity contribution in [2.24, 2.45) is 7.05 Å². The molecule has 0 spiro atoms. The molecule has 0 saturated heterocycles. The summed E-state index contributed by atoms with van der Waals surface area (Å²) in [5.41, 5.74) is 5.37. The van der Waals surface area contributed by atoms with Crippen LogP contribution < -0.4 is 9.47 Å². The van der Waals surface area contributed by atoms with Crippen molar-refractivity contribution >= 4 is 22.9 Å². The van der Waals surface area contributed by atoms with Crippen LogP contribution in [0.2, 0.25) is 0 Å². The van der Waals surface area contributed by atoms with E-state index in [9.17, 15) is 9.59 Å². The molecule has 0 saturated carbocycles. The van der Waals surface area contributed by atoms with Gasteiger partial charge in [-0.3, -0.25) is 9.59 Å². The van der Waals surface area contributed by atoms with E-state index in [1.54, 1.807) is 36.1 Å². The number of fused-ring (bicyclic) bond motifs is 2. The number of aromatic nitrogens is 3. The SMILES string of the molecule is COc1ccc(C(=O)N2CCc3c(cccc3OC(=O)CC(C)c3ccc4c(c3)nnn4C)C2)cc1. The second-order valence-corrected chi connectivity index (χ2v) is 9.14. The molecule has 36 heavy (non-hydrogen) atoms. The predicted octanol–water partition coefficient (Wildman–Crippen LogP) is 4.27. The van der Waals surface area contributed by atoms with Crippen LogP contribution in [0.15, 0.2) is 60.7 Å². The second kappa shape index (κ2) is 9.81. The number of esters is 1. The molecule has 0 radical (unpaired) electrons. The summed E-state index contributed by atoms with van der Waals surface area (Å²) in [5.74, 6) is 0.948. The summed E-state index contributed by atoms with van der Waals surface area (Å²) in [6.07, 6.45) is 0.872. The molecule has 184 valence electrons. The van der Waals surface area contributed by atoms with Crippen molar-refractivity contribution in [3.05, 3.63) is 82.9 Å². The largest absolute Gasteiger partial charge is 0.497 e. The Bertz CT molecular complexity index is 1430. The zero-order valence-corrected chi connectivity index (χ0v) is 20.6. The summed E-state index contributed by atoms with van der Waals surface area (Å²) < 4.78 is 12.7. The smallest absolute Gasteiger partial charge is 0.311 e. The van der Waals surface area contributed by atoms with E-state index < -0.39 is 0 Å². The lowest BCUT2D eigenvalue weighted by Crippen LogP contribution is -2.36. The van der Waals surface area contributed by atoms with Gasteiger partial charge in [-0.2, -0.15) is 0 Å². The first-order chi connectivity index (χ1) is 17.4. The lowest BCUT2D eigenvalue weighted by molar-refractivity contribution is -0.134. The minimum absolute atomic E-state index is 0.0268. The van der Waals surface area contributed by atoms with Crippen molar-refractivity contribution in [2.75, 3.05) is 13.7 Å². The third-order valence-corrected chi connectivity index (χ3v) is 6.75. The van der Waals surface area contributed by atoms with Gasteiger partial charge in [0.05, 0.1) is 19.0 Å². The number of hydrogen-bond acceptors (Lipinski definition) is 6. The number of carbonyl (C=O) groups is 2. The van der Waals surface area contributed by atoms with Crippen molar-refractivity contribution in [1.29, 1.82) is 0 Å². The highest BCUT2D eigenvalue weighted by atomic mass is 16.5. The fourth-order valence-corrected chi connectivity index (χ4v) is 4.66. The maximum absolute atomic E-state index is 13.0. The molecule has 4 aromatic rings. The summed E-state index contributed by atoms with van der Waals surface area (Å²) in [5, 5.41) is 8.20. The Labute approximate surface area is 209 Å². The molecule has 3 aromatic carbocycles. The summed E-state index contributed by atoms with van der Waals surface area (Å²) in [7, 11) is 3.45. The molecule has 8 nitrogen and oxygen atoms in total. The van der Waals surface area contributed by atoms with E-state index in [1.165, 1.54) is 0 Å². The van der Waals surface area contributed by atoms with Gasteiger partial charge in [-0.25, -0.2) is 4.68 Å². The number of ether oxygens (including phenoxy) is 2. The molecule has 5 rings (SSSR count). The number of hydrogen-bond donors (Lipinski definition) is 0. The van der Waals surface area contributed by atoms with Crippen molar-refractivity contribution < 1.29 is 19.1 Å². The van der Waals surface area contributed by atoms with E-state index in [4.69, 9.17) is 9.47 Å². The Morgan fingerprint density at radius 3 is 2.67 bits per heavy atom. The minimum Gasteiger partial charge on any atom is -0.497 e. The van der Waals surface area contributed by atoms with Gasteiger partial charge in [-0.15, -0.1) is 5.10 Å². The fourth-order valence-electron chi connectivity index (χ4n) is 4.66. The zero-order valence-electron chi connectivity index (χ0n) is 20.6. The molecule has 1 aromatic heterocycles. The Morgan fingerprint density at radius 1 is 1.08 bits per heavy atom. The number of amides is 1. The van der Waals surface area contributed by atoms with Crippen molar-refractivity contribution in [3.8, 4) is 11.5 Å². The molecule has 1 atom stereocenters. The third-order valence-electron chi connectivity index (χ3n) is 6.75. The van der Waals surface area contributed by atoms with E-state index in [1.807, 2.05) is 55.3 Å². The number of benzene rings is 3. The van der Waals surface area contributed by atoms with Gasteiger partial charge in [0.15, 0.2) is 0 Å². The molecule has 1 amide bonds. The van der Waals surface area contributed by atoms with Crippen LogP contribution in [-0.4, -0.2) is 45.4 Å². The molecule has 0 fully saturated rings. The Morgan fingerprint density at radius 2 is 1.89 bits per heavy atom. The molecule has 1 aliphatic heterocycles. The van der Waals surface area contributed by atoms with Crippen LogP contribution in [0.3, 0.4) is 0 Å². The van der Waals surface area contributed by atoms with Crippen LogP contribution in [0.25, 0.3) is 11.0 Å². The highest BCUT2D eigenvalue weighted by Gasteiger charge is 2.25. The first kappa shape index (κ1) is 23.5. The number of methoxy groups -OCH3 is 1. The number of aryl methyl sites for hydroxylation is 1. The Kier molecular flexibility index (Phi) is 6.41. The standard InChI is InChI=1S/C28H28N4O4/c1-18(20-9-12-25-24(16-20)29-30-31(25)2)15-27(33)36-26-6-4-5-21-17-32(14-13-23(21)26)28(34)19-7-10-22(35-3)11-8-19/h4-12,16,18H,13-15,17H2,1-3H3. The topological polar surface area (TPSA) is 86.5 Å². The summed E-state index contributed by atoms with van der Waals surface area (Å²) in [4.78, 5) is 27.7. The van der Waals surface area contributed by atoms with Crippen LogP contribution >= 0.6 is 0 Å². The number of rotatable bonds is 6. The van der Waals surface area contributed by atoms with Gasteiger partial charge in [0, 0.05) is 31.3 Å². The molecule has 1 unspecified atom stereocenters. The van der Waals surface area contributed by atoms with Crippen LogP contribution in [0.1, 0.15) is 46.3 Å². The highest BCUT2D eigenvalue weighted by Crippen LogP contribution is 2.30. The third kappa shape index (κ3) is 4.66. The Balaban J connectivity index is 1.25. The first-order valence-corrected chi connectivity index (χ1v) is 12.0. The lowest BCUT2D eigenvalue weighted by atomic mass is 9.97. The van der Waals surface area contributed by atoms with Gasteiger partial charge < -0.3 is 14.4 Å². The molecule has 0 aliphatic carbocycles. The van der Waals surface area contributed by atoms with Gasteiger partial charge in [0.25, 0.3) is 5.91 Å². The molecule has 1 aliphatic rings. The van der Waals surface area contributed by atoms with Crippen LogP contribution in [-0.2, 0) is 24.8 Å². The molecule has 0 N–H and O–H groups in total. The van der Waals surface area contributed by atoms with Gasteiger partial charge >= 0.3 is 5.97 Å². The number of nitrogens with zero attached hydrogens (tertiary/aromatic N) is 4. The van der Waals surface area contributed by atoms with E-state index in [0.29, 0.717) is 36.6 Å². The summed E-state index contributed by atoms with van der Waals surface area (Å²) in [6, 6.07) is 18.8. The average Bonchev–Trinajstić information content (AvgIpc) is 3.28. The second-order valence-electron chi connectivity index (χ2n) is 9.14. The monoisotopic (exact) mass is 484 g/mol.